The van der Waals surface area contributed by atoms with Crippen LogP contribution in [0.3, 0.4) is 0 Å². The van der Waals surface area contributed by atoms with Gasteiger partial charge in [0.1, 0.15) is 11.5 Å². The zero-order valence-electron chi connectivity index (χ0n) is 23.1. The van der Waals surface area contributed by atoms with Crippen molar-refractivity contribution in [3.63, 3.8) is 0 Å². The number of aromatic nitrogens is 2. The number of fused-ring (bicyclic) bond motifs is 1. The largest absolute Gasteiger partial charge is 0.453 e. The fourth-order valence-electron chi connectivity index (χ4n) is 5.08. The fourth-order valence-corrected chi connectivity index (χ4v) is 6.13. The summed E-state index contributed by atoms with van der Waals surface area (Å²) in [5.41, 5.74) is 9.29. The predicted molar refractivity (Wildman–Crippen MR) is 161 cm³/mol. The number of nitrogens with two attached hydrogens (primary N) is 1. The molecule has 0 spiro atoms. The molecule has 2 N–H and O–H groups in total. The fraction of sp³-hybridized carbons (Fsp3) is 0.182. The van der Waals surface area contributed by atoms with Crippen molar-refractivity contribution in [2.75, 3.05) is 6.54 Å². The lowest BCUT2D eigenvalue weighted by atomic mass is 10.0. The van der Waals surface area contributed by atoms with Gasteiger partial charge >= 0.3 is 0 Å². The second-order valence-electron chi connectivity index (χ2n) is 10.4. The number of nitrogens with zero attached hydrogens (tertiary/aromatic N) is 3. The normalized spacial score (nSPS) is 13.0. The standard InChI is InChI=1S/C33H27FN4O4S/c34-25-16-21(15-24(39)14-20-3-1-4-23(13-20)33(35)41)7-9-28(25)42-29-10-11-36-27-17-30(43-32(27)29)26-8-6-22(18-37-26)19-38-12-2-5-31(38)40/h1,3-4,6-11,13,16-18H,2,5,12,14-15,19H2,(H2,35,41). The second-order valence-corrected chi connectivity index (χ2v) is 11.5. The summed E-state index contributed by atoms with van der Waals surface area (Å²) in [6.45, 7) is 1.34. The number of primary amides is 1. The molecule has 6 rings (SSSR count). The zero-order valence-corrected chi connectivity index (χ0v) is 23.9. The number of ether oxygens (including phenoxy) is 1. The van der Waals surface area contributed by atoms with E-state index in [1.807, 2.05) is 23.1 Å². The van der Waals surface area contributed by atoms with Crippen LogP contribution < -0.4 is 10.5 Å². The van der Waals surface area contributed by atoms with E-state index in [0.717, 1.165) is 33.8 Å². The highest BCUT2D eigenvalue weighted by Crippen LogP contribution is 2.39. The van der Waals surface area contributed by atoms with E-state index in [1.54, 1.807) is 48.8 Å². The molecule has 0 atom stereocenters. The summed E-state index contributed by atoms with van der Waals surface area (Å²) >= 11 is 1.45. The molecular formula is C33H27FN4O4S. The Labute approximate surface area is 251 Å². The molecule has 1 aliphatic heterocycles. The maximum Gasteiger partial charge on any atom is 0.248 e. The summed E-state index contributed by atoms with van der Waals surface area (Å²) in [7, 11) is 0. The van der Waals surface area contributed by atoms with Gasteiger partial charge in [-0.2, -0.15) is 0 Å². The van der Waals surface area contributed by atoms with Crippen LogP contribution in [0.1, 0.15) is 39.9 Å². The number of benzene rings is 2. The Balaban J connectivity index is 1.14. The van der Waals surface area contributed by atoms with Gasteiger partial charge in [0.25, 0.3) is 0 Å². The van der Waals surface area contributed by atoms with Crippen molar-refractivity contribution in [1.29, 1.82) is 0 Å². The highest BCUT2D eigenvalue weighted by atomic mass is 32.1. The van der Waals surface area contributed by atoms with Gasteiger partial charge in [-0.1, -0.05) is 24.3 Å². The molecule has 1 saturated heterocycles. The quantitative estimate of drug-likeness (QED) is 0.216. The van der Waals surface area contributed by atoms with Crippen molar-refractivity contribution in [2.45, 2.75) is 32.2 Å². The van der Waals surface area contributed by atoms with Crippen LogP contribution in [0.5, 0.6) is 11.5 Å². The maximum atomic E-state index is 15.1. The molecule has 43 heavy (non-hydrogen) atoms. The first kappa shape index (κ1) is 28.2. The van der Waals surface area contributed by atoms with Gasteiger partial charge in [-0.25, -0.2) is 4.39 Å². The average Bonchev–Trinajstić information content (AvgIpc) is 3.61. The van der Waals surface area contributed by atoms with E-state index in [-0.39, 0.29) is 30.3 Å². The molecule has 0 unspecified atom stereocenters. The van der Waals surface area contributed by atoms with E-state index in [4.69, 9.17) is 10.5 Å². The first-order valence-corrected chi connectivity index (χ1v) is 14.6. The van der Waals surface area contributed by atoms with Crippen LogP contribution in [0.2, 0.25) is 0 Å². The Kier molecular flexibility index (Phi) is 7.93. The van der Waals surface area contributed by atoms with Gasteiger partial charge < -0.3 is 15.4 Å². The van der Waals surface area contributed by atoms with Gasteiger partial charge in [0, 0.05) is 56.4 Å². The molecule has 8 nitrogen and oxygen atoms in total. The minimum atomic E-state index is -0.587. The number of hydrogen-bond acceptors (Lipinski definition) is 7. The van der Waals surface area contributed by atoms with Crippen LogP contribution in [0.25, 0.3) is 20.8 Å². The van der Waals surface area contributed by atoms with Crippen molar-refractivity contribution >= 4 is 39.2 Å². The number of thiophene rings is 1. The van der Waals surface area contributed by atoms with Crippen LogP contribution in [0.15, 0.2) is 79.1 Å². The van der Waals surface area contributed by atoms with E-state index in [0.29, 0.717) is 40.9 Å². The minimum absolute atomic E-state index is 0.0336. The number of amides is 2. The van der Waals surface area contributed by atoms with Crippen LogP contribution in [0.4, 0.5) is 4.39 Å². The van der Waals surface area contributed by atoms with Gasteiger partial charge in [-0.15, -0.1) is 11.3 Å². The Hall–Kier alpha value is -4.96. The topological polar surface area (TPSA) is 115 Å². The van der Waals surface area contributed by atoms with Crippen molar-refractivity contribution in [3.05, 3.63) is 107 Å². The Morgan fingerprint density at radius 2 is 1.77 bits per heavy atom. The lowest BCUT2D eigenvalue weighted by Gasteiger charge is -2.15. The molecule has 1 fully saturated rings. The summed E-state index contributed by atoms with van der Waals surface area (Å²) in [5.74, 6) is -0.597. The molecule has 216 valence electrons. The van der Waals surface area contributed by atoms with E-state index < -0.39 is 11.7 Å². The number of carbonyl (C=O) groups excluding carboxylic acids is 3. The third kappa shape index (κ3) is 6.44. The molecular weight excluding hydrogens is 567 g/mol. The molecule has 0 bridgehead atoms. The van der Waals surface area contributed by atoms with E-state index in [1.165, 1.54) is 23.5 Å². The third-order valence-electron chi connectivity index (χ3n) is 7.23. The molecule has 2 amide bonds. The van der Waals surface area contributed by atoms with E-state index in [2.05, 4.69) is 9.97 Å². The number of pyridine rings is 2. The zero-order chi connectivity index (χ0) is 29.9. The van der Waals surface area contributed by atoms with Crippen molar-refractivity contribution in [2.24, 2.45) is 5.73 Å². The first-order chi connectivity index (χ1) is 20.8. The number of hydrogen-bond donors (Lipinski definition) is 1. The van der Waals surface area contributed by atoms with Gasteiger partial charge in [0.2, 0.25) is 11.8 Å². The summed E-state index contributed by atoms with van der Waals surface area (Å²) in [4.78, 5) is 47.8. The van der Waals surface area contributed by atoms with Crippen LogP contribution in [-0.2, 0) is 29.0 Å². The summed E-state index contributed by atoms with van der Waals surface area (Å²) in [6.07, 6.45) is 5.03. The molecule has 3 aromatic heterocycles. The number of Topliss-reactive ketones (excluding diaryl/α,β-unsaturated/α-hetero) is 1. The SMILES string of the molecule is NC(=O)c1cccc(CC(=O)Cc2ccc(Oc3ccnc4cc(-c5ccc(CN6CCCC6=O)cn5)sc34)c(F)c2)c1. The Morgan fingerprint density at radius 1 is 0.953 bits per heavy atom. The Bertz CT molecular complexity index is 1850. The highest BCUT2D eigenvalue weighted by Gasteiger charge is 2.20. The van der Waals surface area contributed by atoms with Crippen molar-refractivity contribution in [1.82, 2.24) is 14.9 Å². The number of carbonyl (C=O) groups is 3. The molecule has 5 aromatic rings. The second kappa shape index (κ2) is 12.1. The Morgan fingerprint density at radius 3 is 2.49 bits per heavy atom. The summed E-state index contributed by atoms with van der Waals surface area (Å²) in [5, 5.41) is 0. The van der Waals surface area contributed by atoms with Crippen LogP contribution >= 0.6 is 11.3 Å². The van der Waals surface area contributed by atoms with Crippen LogP contribution in [0, 0.1) is 5.82 Å². The number of halogens is 1. The van der Waals surface area contributed by atoms with Gasteiger partial charge in [0.05, 0.1) is 20.8 Å². The minimum Gasteiger partial charge on any atom is -0.453 e. The monoisotopic (exact) mass is 594 g/mol. The van der Waals surface area contributed by atoms with Crippen molar-refractivity contribution in [3.8, 4) is 22.1 Å². The summed E-state index contributed by atoms with van der Waals surface area (Å²) in [6, 6.07) is 18.6. The average molecular weight is 595 g/mol. The van der Waals surface area contributed by atoms with Gasteiger partial charge in [-0.3, -0.25) is 24.4 Å². The molecule has 0 radical (unpaired) electrons. The molecule has 0 aliphatic carbocycles. The highest BCUT2D eigenvalue weighted by molar-refractivity contribution is 7.22. The maximum absolute atomic E-state index is 15.1. The smallest absolute Gasteiger partial charge is 0.248 e. The first-order valence-electron chi connectivity index (χ1n) is 13.8. The van der Waals surface area contributed by atoms with E-state index in [9.17, 15) is 14.4 Å². The lowest BCUT2D eigenvalue weighted by Crippen LogP contribution is -2.23. The summed E-state index contributed by atoms with van der Waals surface area (Å²) < 4.78 is 21.8. The third-order valence-corrected chi connectivity index (χ3v) is 8.39. The van der Waals surface area contributed by atoms with Gasteiger partial charge in [-0.05, 0) is 59.5 Å². The predicted octanol–water partition coefficient (Wildman–Crippen LogP) is 5.87. The molecule has 4 heterocycles. The molecule has 0 saturated carbocycles. The lowest BCUT2D eigenvalue weighted by molar-refractivity contribution is -0.128. The number of likely N-dealkylation sites (tertiary alicyclic amines) is 1. The number of rotatable bonds is 10. The molecule has 2 aromatic carbocycles. The molecule has 1 aliphatic rings. The number of ketones is 1. The molecule has 10 heteroatoms. The van der Waals surface area contributed by atoms with Gasteiger partial charge in [0.15, 0.2) is 11.6 Å². The van der Waals surface area contributed by atoms with Crippen molar-refractivity contribution < 1.29 is 23.5 Å². The van der Waals surface area contributed by atoms with Crippen LogP contribution in [-0.4, -0.2) is 39.0 Å². The van der Waals surface area contributed by atoms with E-state index >= 15 is 4.39 Å².